The maximum atomic E-state index is 14.3. The Labute approximate surface area is 361 Å². The molecule has 4 atom stereocenters. The molecule has 2 aromatic heterocycles. The second-order valence-corrected chi connectivity index (χ2v) is 17.9. The number of methoxy groups -OCH3 is 4. The van der Waals surface area contributed by atoms with Gasteiger partial charge in [0, 0.05) is 44.4 Å². The Morgan fingerprint density at radius 1 is 0.758 bits per heavy atom. The molecular formula is C46H56N8O8. The number of nitrogens with zero attached hydrogens (tertiary/aromatic N) is 4. The lowest BCUT2D eigenvalue weighted by Crippen LogP contribution is -2.54. The first-order chi connectivity index (χ1) is 29.9. The highest BCUT2D eigenvalue weighted by Crippen LogP contribution is 2.59. The van der Waals surface area contributed by atoms with Gasteiger partial charge in [0.05, 0.1) is 62.4 Å². The molecule has 328 valence electrons. The van der Waals surface area contributed by atoms with Crippen molar-refractivity contribution in [2.45, 2.75) is 76.5 Å². The number of imidazole rings is 2. The van der Waals surface area contributed by atoms with E-state index in [2.05, 4.69) is 32.4 Å². The second kappa shape index (κ2) is 17.5. The molecule has 16 nitrogen and oxygen atoms in total. The molecule has 4 N–H and O–H groups in total. The van der Waals surface area contributed by atoms with Gasteiger partial charge in [-0.1, -0.05) is 37.8 Å². The molecule has 0 unspecified atom stereocenters. The molecule has 0 radical (unpaired) electrons. The number of nitrogens with one attached hydrogen (secondary N) is 4. The van der Waals surface area contributed by atoms with E-state index < -0.39 is 30.2 Å². The van der Waals surface area contributed by atoms with Gasteiger partial charge in [-0.2, -0.15) is 0 Å². The summed E-state index contributed by atoms with van der Waals surface area (Å²) in [5.41, 5.74) is 5.17. The van der Waals surface area contributed by atoms with Gasteiger partial charge < -0.3 is 49.3 Å². The summed E-state index contributed by atoms with van der Waals surface area (Å²) in [6.07, 6.45) is 6.31. The number of alkyl carbamates (subject to hydrolysis) is 2. The first-order valence-corrected chi connectivity index (χ1v) is 21.3. The minimum Gasteiger partial charge on any atom is -0.453 e. The van der Waals surface area contributed by atoms with Gasteiger partial charge in [0.25, 0.3) is 0 Å². The number of hydrogen-bond donors (Lipinski definition) is 4. The van der Waals surface area contributed by atoms with Gasteiger partial charge in [0.1, 0.15) is 23.7 Å². The monoisotopic (exact) mass is 848 g/mol. The first-order valence-electron chi connectivity index (χ1n) is 21.3. The summed E-state index contributed by atoms with van der Waals surface area (Å²) in [7, 11) is 5.68. The van der Waals surface area contributed by atoms with Crippen molar-refractivity contribution in [2.24, 2.45) is 22.7 Å². The topological polar surface area (TPSA) is 193 Å². The van der Waals surface area contributed by atoms with Crippen LogP contribution in [0.5, 0.6) is 0 Å². The molecule has 2 saturated heterocycles. The molecule has 2 aromatic carbocycles. The number of likely N-dealkylation sites (tertiary alicyclic amines) is 2. The third-order valence-electron chi connectivity index (χ3n) is 13.1. The van der Waals surface area contributed by atoms with Crippen LogP contribution in [0, 0.1) is 34.5 Å². The summed E-state index contributed by atoms with van der Waals surface area (Å²) in [4.78, 5) is 73.1. The average molecular weight is 849 g/mol. The number of ether oxygens (including phenoxy) is 4. The normalized spacial score (nSPS) is 20.3. The van der Waals surface area contributed by atoms with E-state index in [1.807, 2.05) is 66.1 Å². The second-order valence-electron chi connectivity index (χ2n) is 17.9. The van der Waals surface area contributed by atoms with Gasteiger partial charge >= 0.3 is 12.2 Å². The van der Waals surface area contributed by atoms with E-state index in [1.54, 1.807) is 20.4 Å². The summed E-state index contributed by atoms with van der Waals surface area (Å²) in [6.45, 7) is 5.48. The fourth-order valence-corrected chi connectivity index (χ4v) is 9.23. The summed E-state index contributed by atoms with van der Waals surface area (Å²) in [6, 6.07) is 11.7. The third kappa shape index (κ3) is 8.87. The molecule has 8 rings (SSSR count). The highest BCUT2D eigenvalue weighted by atomic mass is 16.5. The van der Waals surface area contributed by atoms with Crippen molar-refractivity contribution in [3.63, 3.8) is 0 Å². The Bertz CT molecular complexity index is 2370. The van der Waals surface area contributed by atoms with Crippen LogP contribution >= 0.6 is 0 Å². The zero-order valence-corrected chi connectivity index (χ0v) is 36.2. The van der Waals surface area contributed by atoms with E-state index >= 15 is 0 Å². The van der Waals surface area contributed by atoms with Crippen molar-refractivity contribution >= 4 is 35.0 Å². The molecule has 4 amide bonds. The molecule has 2 saturated carbocycles. The van der Waals surface area contributed by atoms with Gasteiger partial charge in [-0.25, -0.2) is 19.6 Å². The van der Waals surface area contributed by atoms with E-state index in [9.17, 15) is 19.2 Å². The van der Waals surface area contributed by atoms with Crippen molar-refractivity contribution in [3.8, 4) is 23.1 Å². The van der Waals surface area contributed by atoms with Crippen molar-refractivity contribution < 1.29 is 38.1 Å². The maximum absolute atomic E-state index is 14.3. The third-order valence-corrected chi connectivity index (χ3v) is 13.1. The van der Waals surface area contributed by atoms with Gasteiger partial charge in [-0.05, 0) is 91.2 Å². The van der Waals surface area contributed by atoms with Crippen LogP contribution in [-0.2, 0) is 28.5 Å². The number of hydrogen-bond acceptors (Lipinski definition) is 10. The fourth-order valence-electron chi connectivity index (χ4n) is 9.23. The minimum atomic E-state index is -0.909. The Hall–Kier alpha value is -5.92. The highest BCUT2D eigenvalue weighted by Gasteiger charge is 2.56. The molecule has 4 aromatic rings. The number of H-pyrrole nitrogens is 2. The molecular weight excluding hydrogens is 793 g/mol. The molecule has 16 heteroatoms. The average Bonchev–Trinajstić information content (AvgIpc) is 3.89. The van der Waals surface area contributed by atoms with Crippen LogP contribution in [-0.4, -0.2) is 121 Å². The van der Waals surface area contributed by atoms with Crippen LogP contribution in [0.2, 0.25) is 0 Å². The van der Waals surface area contributed by atoms with Crippen molar-refractivity contribution in [1.29, 1.82) is 0 Å². The van der Waals surface area contributed by atoms with Crippen molar-refractivity contribution in [1.82, 2.24) is 40.4 Å². The van der Waals surface area contributed by atoms with Crippen LogP contribution in [0.3, 0.4) is 0 Å². The molecule has 2 aliphatic heterocycles. The summed E-state index contributed by atoms with van der Waals surface area (Å²) in [5.74, 6) is 7.11. The zero-order valence-electron chi connectivity index (χ0n) is 36.2. The lowest BCUT2D eigenvalue weighted by molar-refractivity contribution is -0.137. The Kier molecular flexibility index (Phi) is 12.0. The van der Waals surface area contributed by atoms with E-state index in [-0.39, 0.29) is 53.9 Å². The minimum absolute atomic E-state index is 0.0407. The number of carbonyl (C=O) groups excluding carboxylic acids is 4. The number of aromatic nitrogens is 4. The number of aromatic amines is 2. The smallest absolute Gasteiger partial charge is 0.407 e. The maximum Gasteiger partial charge on any atom is 0.407 e. The van der Waals surface area contributed by atoms with Crippen LogP contribution in [0.25, 0.3) is 22.3 Å². The lowest BCUT2D eigenvalue weighted by Gasteiger charge is -2.32. The standard InChI is InChI=1S/C46H56N8O8/c1-27(2)37(51-43(57)61-5)41(55)53-25-45(15-16-45)20-35(53)39-47-22-34(50-39)30-12-9-28(10-13-30)7-8-29-11-14-32-33(19-29)49-40(48-32)36-21-46(17-18-46)26-54(36)42(56)38(52-44(58)62-6)31(23-59-3)24-60-4/h9-14,19,22,27,31,35-38H,15-18,20-21,23-26H2,1-6H3,(H,47,50)(H,48,49)(H,51,57)(H,52,58)/t35-,36-,37-,38-/m0/s1. The summed E-state index contributed by atoms with van der Waals surface area (Å²) in [5, 5.41) is 5.49. The summed E-state index contributed by atoms with van der Waals surface area (Å²) < 4.78 is 20.5. The number of benzene rings is 2. The molecule has 2 aliphatic carbocycles. The quantitative estimate of drug-likeness (QED) is 0.125. The van der Waals surface area contributed by atoms with Gasteiger partial charge in [-0.3, -0.25) is 9.59 Å². The Morgan fingerprint density at radius 2 is 1.31 bits per heavy atom. The number of amides is 4. The van der Waals surface area contributed by atoms with Gasteiger partial charge in [0.2, 0.25) is 11.8 Å². The molecule has 0 bridgehead atoms. The van der Waals surface area contributed by atoms with Crippen LogP contribution < -0.4 is 10.6 Å². The molecule has 4 fully saturated rings. The summed E-state index contributed by atoms with van der Waals surface area (Å²) >= 11 is 0. The first kappa shape index (κ1) is 42.8. The van der Waals surface area contributed by atoms with Crippen LogP contribution in [0.4, 0.5) is 9.59 Å². The number of rotatable bonds is 13. The van der Waals surface area contributed by atoms with Crippen molar-refractivity contribution in [2.75, 3.05) is 54.7 Å². The lowest BCUT2D eigenvalue weighted by atomic mass is 9.99. The van der Waals surface area contributed by atoms with Crippen LogP contribution in [0.1, 0.15) is 87.2 Å². The van der Waals surface area contributed by atoms with E-state index in [0.29, 0.717) is 18.9 Å². The molecule has 62 heavy (non-hydrogen) atoms. The SMILES string of the molecule is COCC(COC)[C@H](NC(=O)OC)C(=O)N1CC2(CC2)C[C@H]1c1nc2ccc(C#Cc3ccc(-c4cnc([C@@H]5CC6(CC6)CN5C(=O)[C@@H](NC(=O)OC)C(C)C)[nH]4)cc3)cc2[nH]1. The highest BCUT2D eigenvalue weighted by molar-refractivity contribution is 5.88. The van der Waals surface area contributed by atoms with Gasteiger partial charge in [-0.15, -0.1) is 0 Å². The number of carbonyl (C=O) groups is 4. The number of fused-ring (bicyclic) bond motifs is 1. The fraction of sp³-hybridized carbons (Fsp3) is 0.522. The van der Waals surface area contributed by atoms with Crippen molar-refractivity contribution in [3.05, 3.63) is 71.4 Å². The Balaban J connectivity index is 0.963. The van der Waals surface area contributed by atoms with Crippen LogP contribution in [0.15, 0.2) is 48.7 Å². The molecule has 2 spiro atoms. The predicted molar refractivity (Wildman–Crippen MR) is 228 cm³/mol. The van der Waals surface area contributed by atoms with E-state index in [4.69, 9.17) is 28.9 Å². The largest absolute Gasteiger partial charge is 0.453 e. The Morgan fingerprint density at radius 3 is 1.87 bits per heavy atom. The van der Waals surface area contributed by atoms with E-state index in [0.717, 1.165) is 77.8 Å². The van der Waals surface area contributed by atoms with E-state index in [1.165, 1.54) is 14.2 Å². The molecule has 4 heterocycles. The molecule has 4 aliphatic rings. The van der Waals surface area contributed by atoms with Gasteiger partial charge in [0.15, 0.2) is 0 Å². The zero-order chi connectivity index (χ0) is 43.8. The predicted octanol–water partition coefficient (Wildman–Crippen LogP) is 5.47.